The smallest absolute Gasteiger partial charge is 0.348 e. The molecule has 0 radical (unpaired) electrons. The van der Waals surface area contributed by atoms with Crippen molar-refractivity contribution in [3.63, 3.8) is 0 Å². The van der Waals surface area contributed by atoms with Crippen LogP contribution in [0.2, 0.25) is 0 Å². The van der Waals surface area contributed by atoms with E-state index in [0.29, 0.717) is 4.88 Å². The van der Waals surface area contributed by atoms with Crippen molar-refractivity contribution >= 4 is 43.8 Å². The quantitative estimate of drug-likeness (QED) is 0.629. The third-order valence-electron chi connectivity index (χ3n) is 2.11. The lowest BCUT2D eigenvalue weighted by molar-refractivity contribution is 0.0384. The Morgan fingerprint density at radius 3 is 2.29 bits per heavy atom. The van der Waals surface area contributed by atoms with E-state index < -0.39 is 0 Å². The molecule has 17 heavy (non-hydrogen) atoms. The normalized spacial score (nSPS) is 11.1. The summed E-state index contributed by atoms with van der Waals surface area (Å²) in [4.78, 5) is 24.2. The molecule has 2 aromatic heterocycles. The molecular formula is C12H12O3S2. The van der Waals surface area contributed by atoms with Crippen molar-refractivity contribution in [2.45, 2.75) is 26.9 Å². The van der Waals surface area contributed by atoms with E-state index in [1.165, 1.54) is 22.7 Å². The van der Waals surface area contributed by atoms with E-state index in [-0.39, 0.29) is 17.9 Å². The van der Waals surface area contributed by atoms with Crippen LogP contribution in [0.4, 0.5) is 0 Å². The fourth-order valence-corrected chi connectivity index (χ4v) is 3.61. The number of thiophene rings is 2. The van der Waals surface area contributed by atoms with Crippen LogP contribution in [0.5, 0.6) is 0 Å². The Kier molecular flexibility index (Phi) is 3.31. The Labute approximate surface area is 107 Å². The Morgan fingerprint density at radius 1 is 1.18 bits per heavy atom. The van der Waals surface area contributed by atoms with Crippen molar-refractivity contribution in [1.29, 1.82) is 0 Å². The molecule has 0 spiro atoms. The fraction of sp³-hybridized carbons (Fsp3) is 0.333. The van der Waals surface area contributed by atoms with Crippen molar-refractivity contribution in [1.82, 2.24) is 0 Å². The number of Topliss-reactive ketones (excluding diaryl/α,β-unsaturated/α-hetero) is 1. The number of hydrogen-bond acceptors (Lipinski definition) is 5. The summed E-state index contributed by atoms with van der Waals surface area (Å²) >= 11 is 2.80. The zero-order valence-electron chi connectivity index (χ0n) is 9.77. The van der Waals surface area contributed by atoms with E-state index in [1.54, 1.807) is 13.0 Å². The van der Waals surface area contributed by atoms with Crippen LogP contribution in [0.25, 0.3) is 9.40 Å². The van der Waals surface area contributed by atoms with Crippen LogP contribution >= 0.6 is 22.7 Å². The summed E-state index contributed by atoms with van der Waals surface area (Å²) in [7, 11) is 0. The van der Waals surface area contributed by atoms with Crippen LogP contribution in [0.1, 0.15) is 40.1 Å². The van der Waals surface area contributed by atoms with E-state index in [0.717, 1.165) is 14.3 Å². The number of rotatable bonds is 3. The maximum absolute atomic E-state index is 11.7. The molecule has 2 heterocycles. The Balaban J connectivity index is 2.30. The van der Waals surface area contributed by atoms with Crippen molar-refractivity contribution in [3.05, 3.63) is 21.9 Å². The average molecular weight is 268 g/mol. The minimum absolute atomic E-state index is 0.0599. The topological polar surface area (TPSA) is 43.4 Å². The maximum Gasteiger partial charge on any atom is 0.348 e. The van der Waals surface area contributed by atoms with Crippen molar-refractivity contribution in [2.24, 2.45) is 0 Å². The van der Waals surface area contributed by atoms with Gasteiger partial charge in [0.25, 0.3) is 0 Å². The number of esters is 1. The molecule has 2 aromatic rings. The number of ether oxygens (including phenoxy) is 1. The second kappa shape index (κ2) is 4.58. The summed E-state index contributed by atoms with van der Waals surface area (Å²) < 4.78 is 6.11. The summed E-state index contributed by atoms with van der Waals surface area (Å²) in [6.45, 7) is 5.19. The zero-order chi connectivity index (χ0) is 12.6. The molecule has 0 aromatic carbocycles. The first-order chi connectivity index (χ1) is 7.97. The van der Waals surface area contributed by atoms with Crippen LogP contribution in [0, 0.1) is 0 Å². The monoisotopic (exact) mass is 268 g/mol. The number of ketones is 1. The molecule has 0 aliphatic carbocycles. The van der Waals surface area contributed by atoms with E-state index in [4.69, 9.17) is 4.74 Å². The minimum atomic E-state index is -0.294. The largest absolute Gasteiger partial charge is 0.459 e. The van der Waals surface area contributed by atoms with E-state index in [9.17, 15) is 9.59 Å². The van der Waals surface area contributed by atoms with Crippen molar-refractivity contribution in [3.8, 4) is 0 Å². The predicted octanol–water partition coefficient (Wildman–Crippen LogP) is 3.73. The highest BCUT2D eigenvalue weighted by molar-refractivity contribution is 7.39. The maximum atomic E-state index is 11.7. The molecule has 0 saturated heterocycles. The lowest BCUT2D eigenvalue weighted by Gasteiger charge is -2.05. The molecule has 0 N–H and O–H groups in total. The van der Waals surface area contributed by atoms with Gasteiger partial charge in [-0.15, -0.1) is 22.7 Å². The van der Waals surface area contributed by atoms with Gasteiger partial charge in [0.15, 0.2) is 5.78 Å². The van der Waals surface area contributed by atoms with Gasteiger partial charge in [-0.1, -0.05) is 0 Å². The molecule has 0 aliphatic heterocycles. The van der Waals surface area contributed by atoms with Crippen molar-refractivity contribution in [2.75, 3.05) is 0 Å². The van der Waals surface area contributed by atoms with Gasteiger partial charge in [0, 0.05) is 5.39 Å². The SMILES string of the molecule is CC(=O)c1cc2cc(C(=O)OC(C)C)sc2s1. The van der Waals surface area contributed by atoms with E-state index in [1.807, 2.05) is 19.9 Å². The summed E-state index contributed by atoms with van der Waals surface area (Å²) in [5.41, 5.74) is 0. The number of fused-ring (bicyclic) bond motifs is 1. The first-order valence-corrected chi connectivity index (χ1v) is 6.86. The molecule has 2 rings (SSSR count). The van der Waals surface area contributed by atoms with Gasteiger partial charge in [-0.3, -0.25) is 4.79 Å². The van der Waals surface area contributed by atoms with E-state index in [2.05, 4.69) is 0 Å². The third-order valence-corrected chi connectivity index (χ3v) is 4.58. The molecule has 0 unspecified atom stereocenters. The molecule has 0 saturated carbocycles. The van der Waals surface area contributed by atoms with Gasteiger partial charge in [-0.25, -0.2) is 4.79 Å². The van der Waals surface area contributed by atoms with Crippen LogP contribution in [0.15, 0.2) is 12.1 Å². The third kappa shape index (κ3) is 2.56. The highest BCUT2D eigenvalue weighted by atomic mass is 32.2. The first-order valence-electron chi connectivity index (χ1n) is 5.22. The highest BCUT2D eigenvalue weighted by Crippen LogP contribution is 2.34. The van der Waals surface area contributed by atoms with Crippen LogP contribution in [0.3, 0.4) is 0 Å². The number of carbonyl (C=O) groups excluding carboxylic acids is 2. The van der Waals surface area contributed by atoms with E-state index >= 15 is 0 Å². The fourth-order valence-electron chi connectivity index (χ4n) is 1.39. The Hall–Kier alpha value is -1.20. The molecule has 0 fully saturated rings. The lowest BCUT2D eigenvalue weighted by Crippen LogP contribution is -2.09. The summed E-state index contributed by atoms with van der Waals surface area (Å²) in [5.74, 6) is -0.234. The van der Waals surface area contributed by atoms with Crippen LogP contribution < -0.4 is 0 Å². The Bertz CT molecular complexity index is 546. The minimum Gasteiger partial charge on any atom is -0.459 e. The van der Waals surface area contributed by atoms with Gasteiger partial charge < -0.3 is 4.74 Å². The highest BCUT2D eigenvalue weighted by Gasteiger charge is 2.15. The summed E-state index contributed by atoms with van der Waals surface area (Å²) in [5, 5.41) is 0.945. The second-order valence-electron chi connectivity index (χ2n) is 3.97. The molecule has 0 aliphatic rings. The van der Waals surface area contributed by atoms with Gasteiger partial charge in [-0.05, 0) is 32.9 Å². The predicted molar refractivity (Wildman–Crippen MR) is 70.3 cm³/mol. The molecule has 3 nitrogen and oxygen atoms in total. The van der Waals surface area contributed by atoms with Gasteiger partial charge >= 0.3 is 5.97 Å². The van der Waals surface area contributed by atoms with Crippen LogP contribution in [-0.2, 0) is 4.74 Å². The van der Waals surface area contributed by atoms with Crippen LogP contribution in [-0.4, -0.2) is 17.9 Å². The zero-order valence-corrected chi connectivity index (χ0v) is 11.4. The standard InChI is InChI=1S/C12H12O3S2/c1-6(2)15-11(14)10-5-8-4-9(7(3)13)16-12(8)17-10/h4-6H,1-3H3. The summed E-state index contributed by atoms with van der Waals surface area (Å²) in [6.07, 6.45) is -0.115. The van der Waals surface area contributed by atoms with Gasteiger partial charge in [0.05, 0.1) is 15.0 Å². The summed E-state index contributed by atoms with van der Waals surface area (Å²) in [6, 6.07) is 3.61. The molecule has 0 amide bonds. The lowest BCUT2D eigenvalue weighted by atomic mass is 10.3. The first kappa shape index (κ1) is 12.3. The average Bonchev–Trinajstić information content (AvgIpc) is 2.71. The van der Waals surface area contributed by atoms with Gasteiger partial charge in [0.1, 0.15) is 4.88 Å². The van der Waals surface area contributed by atoms with Crippen molar-refractivity contribution < 1.29 is 14.3 Å². The molecule has 0 bridgehead atoms. The second-order valence-corrected chi connectivity index (χ2v) is 6.34. The Morgan fingerprint density at radius 2 is 1.76 bits per heavy atom. The van der Waals surface area contributed by atoms with Gasteiger partial charge in [0.2, 0.25) is 0 Å². The molecular weight excluding hydrogens is 256 g/mol. The number of hydrogen-bond donors (Lipinski definition) is 0. The molecule has 5 heteroatoms. The number of carbonyl (C=O) groups is 2. The van der Waals surface area contributed by atoms with Gasteiger partial charge in [-0.2, -0.15) is 0 Å². The molecule has 90 valence electrons. The molecule has 0 atom stereocenters.